The first kappa shape index (κ1) is 36.5. The van der Waals surface area contributed by atoms with Crippen LogP contribution in [0.1, 0.15) is 0 Å². The van der Waals surface area contributed by atoms with Gasteiger partial charge in [0.2, 0.25) is 0 Å². The van der Waals surface area contributed by atoms with Gasteiger partial charge in [0.25, 0.3) is 0 Å². The van der Waals surface area contributed by atoms with E-state index in [2.05, 4.69) is 235 Å². The lowest BCUT2D eigenvalue weighted by Crippen LogP contribution is -1.98. The molecule has 10 aromatic carbocycles. The molecule has 294 valence electrons. The number of aromatic nitrogens is 3. The fourth-order valence-electron chi connectivity index (χ4n) is 9.46. The molecule has 0 spiro atoms. The van der Waals surface area contributed by atoms with Crippen LogP contribution in [0.2, 0.25) is 0 Å². The van der Waals surface area contributed by atoms with Gasteiger partial charge in [-0.1, -0.05) is 200 Å². The standard InChI is InChI=1S/C60H39N3/c1-4-17-43(18-5-1)59-48-23-11-10-16-41(48)32-34-53(59)56-39-55(61-60(62-56)44-19-6-2-7-20-44)51-36-35-47(49-24-12-13-25-50(49)51)42-30-28-40(29-31-42)45-33-37-58-54(38-45)52-26-14-15-27-57(52)63(58)46-21-8-3-9-22-46/h1-39H. The van der Waals surface area contributed by atoms with Crippen LogP contribution >= 0.6 is 0 Å². The maximum atomic E-state index is 5.31. The second-order valence-corrected chi connectivity index (χ2v) is 16.1. The van der Waals surface area contributed by atoms with Crippen molar-refractivity contribution in [2.75, 3.05) is 0 Å². The predicted molar refractivity (Wildman–Crippen MR) is 264 cm³/mol. The molecule has 2 heterocycles. The van der Waals surface area contributed by atoms with Crippen molar-refractivity contribution in [3.8, 4) is 73.0 Å². The minimum absolute atomic E-state index is 0.696. The SMILES string of the molecule is c1ccc(-c2nc(-c3ccc4ccccc4c3-c3ccccc3)cc(-c3ccc(-c4ccc(-c5ccc6c(c5)c5ccccc5n6-c5ccccc5)cc4)c4ccccc34)n2)cc1. The zero-order chi connectivity index (χ0) is 41.7. The Morgan fingerprint density at radius 2 is 0.810 bits per heavy atom. The average molecular weight is 802 g/mol. The summed E-state index contributed by atoms with van der Waals surface area (Å²) in [5, 5.41) is 7.21. The molecule has 0 bridgehead atoms. The quantitative estimate of drug-likeness (QED) is 0.161. The summed E-state index contributed by atoms with van der Waals surface area (Å²) in [6, 6.07) is 84.6. The Labute approximate surface area is 365 Å². The lowest BCUT2D eigenvalue weighted by molar-refractivity contribution is 1.18. The molecule has 3 heteroatoms. The highest BCUT2D eigenvalue weighted by Gasteiger charge is 2.19. The van der Waals surface area contributed by atoms with Crippen LogP contribution in [0.5, 0.6) is 0 Å². The van der Waals surface area contributed by atoms with Gasteiger partial charge in [0.1, 0.15) is 0 Å². The van der Waals surface area contributed by atoms with E-state index < -0.39 is 0 Å². The highest BCUT2D eigenvalue weighted by molar-refractivity contribution is 6.11. The average Bonchev–Trinajstić information content (AvgIpc) is 3.70. The molecular formula is C60H39N3. The van der Waals surface area contributed by atoms with E-state index in [1.807, 2.05) is 6.07 Å². The van der Waals surface area contributed by atoms with Gasteiger partial charge in [0.05, 0.1) is 22.4 Å². The fraction of sp³-hybridized carbons (Fsp3) is 0. The minimum Gasteiger partial charge on any atom is -0.309 e. The van der Waals surface area contributed by atoms with Crippen molar-refractivity contribution in [3.05, 3.63) is 237 Å². The van der Waals surface area contributed by atoms with E-state index in [1.54, 1.807) is 0 Å². The molecule has 0 fully saturated rings. The van der Waals surface area contributed by atoms with E-state index in [0.29, 0.717) is 5.82 Å². The van der Waals surface area contributed by atoms with Gasteiger partial charge in [0, 0.05) is 33.2 Å². The van der Waals surface area contributed by atoms with Crippen LogP contribution in [0.3, 0.4) is 0 Å². The smallest absolute Gasteiger partial charge is 0.160 e. The van der Waals surface area contributed by atoms with Crippen LogP contribution in [0.4, 0.5) is 0 Å². The third-order valence-corrected chi connectivity index (χ3v) is 12.4. The monoisotopic (exact) mass is 801 g/mol. The Hall–Kier alpha value is -8.40. The zero-order valence-corrected chi connectivity index (χ0v) is 34.4. The highest BCUT2D eigenvalue weighted by Crippen LogP contribution is 2.42. The van der Waals surface area contributed by atoms with Gasteiger partial charge in [-0.25, -0.2) is 9.97 Å². The molecule has 0 aliphatic rings. The number of nitrogens with zero attached hydrogens (tertiary/aromatic N) is 3. The van der Waals surface area contributed by atoms with Crippen LogP contribution in [-0.2, 0) is 0 Å². The summed E-state index contributed by atoms with van der Waals surface area (Å²) in [4.78, 5) is 10.6. The van der Waals surface area contributed by atoms with Gasteiger partial charge in [0.15, 0.2) is 5.82 Å². The van der Waals surface area contributed by atoms with Crippen molar-refractivity contribution in [2.24, 2.45) is 0 Å². The molecule has 2 aromatic heterocycles. The first-order valence-corrected chi connectivity index (χ1v) is 21.5. The number of benzene rings is 10. The van der Waals surface area contributed by atoms with Crippen LogP contribution in [0, 0.1) is 0 Å². The lowest BCUT2D eigenvalue weighted by Gasteiger charge is -2.17. The van der Waals surface area contributed by atoms with Gasteiger partial charge in [-0.2, -0.15) is 0 Å². The molecule has 0 saturated carbocycles. The van der Waals surface area contributed by atoms with E-state index in [0.717, 1.165) is 44.7 Å². The summed E-state index contributed by atoms with van der Waals surface area (Å²) in [6.07, 6.45) is 0. The normalized spacial score (nSPS) is 11.5. The number of hydrogen-bond donors (Lipinski definition) is 0. The maximum Gasteiger partial charge on any atom is 0.160 e. The molecule has 63 heavy (non-hydrogen) atoms. The molecule has 0 aliphatic carbocycles. The van der Waals surface area contributed by atoms with Crippen molar-refractivity contribution in [1.82, 2.24) is 14.5 Å². The van der Waals surface area contributed by atoms with Crippen molar-refractivity contribution in [2.45, 2.75) is 0 Å². The molecule has 0 N–H and O–H groups in total. The summed E-state index contributed by atoms with van der Waals surface area (Å²) < 4.78 is 2.36. The van der Waals surface area contributed by atoms with Gasteiger partial charge >= 0.3 is 0 Å². The first-order chi connectivity index (χ1) is 31.2. The minimum atomic E-state index is 0.696. The lowest BCUT2D eigenvalue weighted by atomic mass is 9.90. The van der Waals surface area contributed by atoms with Crippen molar-refractivity contribution >= 4 is 43.4 Å². The van der Waals surface area contributed by atoms with E-state index in [9.17, 15) is 0 Å². The molecule has 0 amide bonds. The molecule has 0 atom stereocenters. The van der Waals surface area contributed by atoms with Crippen LogP contribution in [0.15, 0.2) is 237 Å². The van der Waals surface area contributed by atoms with Gasteiger partial charge in [-0.3, -0.25) is 0 Å². The number of hydrogen-bond acceptors (Lipinski definition) is 2. The third-order valence-electron chi connectivity index (χ3n) is 12.4. The summed E-state index contributed by atoms with van der Waals surface area (Å²) >= 11 is 0. The van der Waals surface area contributed by atoms with Gasteiger partial charge in [-0.15, -0.1) is 0 Å². The van der Waals surface area contributed by atoms with E-state index in [-0.39, 0.29) is 0 Å². The van der Waals surface area contributed by atoms with Crippen molar-refractivity contribution in [1.29, 1.82) is 0 Å². The summed E-state index contributed by atoms with van der Waals surface area (Å²) in [6.45, 7) is 0. The second-order valence-electron chi connectivity index (χ2n) is 16.1. The Kier molecular flexibility index (Phi) is 8.83. The third kappa shape index (κ3) is 6.38. The predicted octanol–water partition coefficient (Wildman–Crippen LogP) is 15.9. The first-order valence-electron chi connectivity index (χ1n) is 21.5. The van der Waals surface area contributed by atoms with E-state index in [4.69, 9.17) is 9.97 Å². The molecule has 0 aliphatic heterocycles. The Morgan fingerprint density at radius 1 is 0.286 bits per heavy atom. The molecule has 0 saturated heterocycles. The Balaban J connectivity index is 0.966. The number of fused-ring (bicyclic) bond motifs is 5. The summed E-state index contributed by atoms with van der Waals surface area (Å²) in [5.74, 6) is 0.696. The van der Waals surface area contributed by atoms with Crippen LogP contribution < -0.4 is 0 Å². The van der Waals surface area contributed by atoms with Crippen LogP contribution in [-0.4, -0.2) is 14.5 Å². The van der Waals surface area contributed by atoms with Crippen molar-refractivity contribution in [3.63, 3.8) is 0 Å². The highest BCUT2D eigenvalue weighted by atomic mass is 15.0. The Bertz CT molecular complexity index is 3650. The molecule has 3 nitrogen and oxygen atoms in total. The maximum absolute atomic E-state index is 5.31. The number of rotatable bonds is 7. The van der Waals surface area contributed by atoms with E-state index in [1.165, 1.54) is 65.8 Å². The molecule has 12 aromatic rings. The van der Waals surface area contributed by atoms with E-state index >= 15 is 0 Å². The fourth-order valence-corrected chi connectivity index (χ4v) is 9.46. The topological polar surface area (TPSA) is 30.7 Å². The summed E-state index contributed by atoms with van der Waals surface area (Å²) in [5.41, 5.74) is 15.5. The zero-order valence-electron chi connectivity index (χ0n) is 34.4. The second kappa shape index (κ2) is 15.3. The molecule has 0 radical (unpaired) electrons. The van der Waals surface area contributed by atoms with Crippen molar-refractivity contribution < 1.29 is 0 Å². The molecule has 0 unspecified atom stereocenters. The largest absolute Gasteiger partial charge is 0.309 e. The molecule has 12 rings (SSSR count). The van der Waals surface area contributed by atoms with Gasteiger partial charge < -0.3 is 4.57 Å². The molecular weight excluding hydrogens is 763 g/mol. The Morgan fingerprint density at radius 3 is 1.56 bits per heavy atom. The summed E-state index contributed by atoms with van der Waals surface area (Å²) in [7, 11) is 0. The van der Waals surface area contributed by atoms with Gasteiger partial charge in [-0.05, 0) is 91.3 Å². The number of para-hydroxylation sites is 2. The van der Waals surface area contributed by atoms with Crippen LogP contribution in [0.25, 0.3) is 116 Å².